The third-order valence-electron chi connectivity index (χ3n) is 0.201. The number of aldehydes is 1. The van der Waals surface area contributed by atoms with Gasteiger partial charge >= 0.3 is 0 Å². The molecule has 0 aromatic rings. The van der Waals surface area contributed by atoms with Gasteiger partial charge in [0.1, 0.15) is 6.29 Å². The summed E-state index contributed by atoms with van der Waals surface area (Å²) in [6.45, 7) is 3.37. The van der Waals surface area contributed by atoms with Crippen molar-refractivity contribution in [3.05, 3.63) is 11.8 Å². The Kier molecular flexibility index (Phi) is 1.76. The maximum absolute atomic E-state index is 9.44. The lowest BCUT2D eigenvalue weighted by molar-refractivity contribution is -0.104. The van der Waals surface area contributed by atoms with E-state index < -0.39 is 0 Å². The number of rotatable bonds is 1. The molecule has 2 heteroatoms. The number of allylic oxidation sites excluding steroid dienone is 1. The van der Waals surface area contributed by atoms with E-state index in [4.69, 9.17) is 0 Å². The van der Waals surface area contributed by atoms with Crippen LogP contribution in [0.15, 0.2) is 11.8 Å². The lowest BCUT2D eigenvalue weighted by Gasteiger charge is -1.65. The van der Waals surface area contributed by atoms with Crippen LogP contribution >= 0.6 is 0 Å². The highest BCUT2D eigenvalue weighted by molar-refractivity contribution is 6.31. The molecule has 0 fully saturated rings. The average molecular weight is 86.2 g/mol. The van der Waals surface area contributed by atoms with E-state index >= 15 is 0 Å². The summed E-state index contributed by atoms with van der Waals surface area (Å²) in [6.07, 6.45) is 0.784. The number of hydrogen-bond donors (Lipinski definition) is 0. The minimum Gasteiger partial charge on any atom is -0.299 e. The second kappa shape index (κ2) is 1.90. The minimum absolute atomic E-state index is 0.713. The molecule has 0 heterocycles. The molecule has 0 bridgehead atoms. The molecular formula is C3H6OSi. The van der Waals surface area contributed by atoms with Gasteiger partial charge in [-0.25, -0.2) is 0 Å². The molecule has 0 saturated heterocycles. The molecule has 0 aliphatic rings. The molecule has 5 heavy (non-hydrogen) atoms. The topological polar surface area (TPSA) is 17.1 Å². The lowest BCUT2D eigenvalue weighted by Crippen LogP contribution is -1.73. The van der Waals surface area contributed by atoms with Gasteiger partial charge in [0.15, 0.2) is 0 Å². The van der Waals surface area contributed by atoms with Gasteiger partial charge in [-0.2, -0.15) is 0 Å². The van der Waals surface area contributed by atoms with Gasteiger partial charge in [0.05, 0.1) is 0 Å². The zero-order valence-electron chi connectivity index (χ0n) is 3.19. The van der Waals surface area contributed by atoms with Crippen LogP contribution in [0.3, 0.4) is 0 Å². The first-order valence-corrected chi connectivity index (χ1v) is 2.38. The second-order valence-electron chi connectivity index (χ2n) is 0.964. The normalized spacial score (nSPS) is 7.20. The Hall–Kier alpha value is -0.373. The van der Waals surface area contributed by atoms with Crippen LogP contribution in [-0.2, 0) is 4.79 Å². The third kappa shape index (κ3) is 3.63. The summed E-state index contributed by atoms with van der Waals surface area (Å²) in [5, 5.41) is 0.713. The fourth-order valence-electron chi connectivity index (χ4n) is 0. The van der Waals surface area contributed by atoms with Gasteiger partial charge in [-0.3, -0.25) is 4.79 Å². The van der Waals surface area contributed by atoms with E-state index in [1.54, 1.807) is 0 Å². The zero-order valence-corrected chi connectivity index (χ0v) is 5.19. The van der Waals surface area contributed by atoms with Gasteiger partial charge in [0.2, 0.25) is 0 Å². The highest BCUT2D eigenvalue weighted by Crippen LogP contribution is 1.62. The highest BCUT2D eigenvalue weighted by atomic mass is 28.1. The lowest BCUT2D eigenvalue weighted by atomic mass is 10.7. The Labute approximate surface area is 34.1 Å². The molecule has 28 valence electrons. The Morgan fingerprint density at radius 1 is 2.00 bits per heavy atom. The Morgan fingerprint density at radius 2 is 2.20 bits per heavy atom. The molecule has 0 spiro atoms. The zero-order chi connectivity index (χ0) is 4.28. The molecular weight excluding hydrogens is 80.1 g/mol. The van der Waals surface area contributed by atoms with Crippen molar-refractivity contribution in [2.75, 3.05) is 0 Å². The molecule has 0 saturated carbocycles. The summed E-state index contributed by atoms with van der Waals surface area (Å²) >= 11 is 0. The van der Waals surface area contributed by atoms with Crippen LogP contribution in [0, 0.1) is 0 Å². The van der Waals surface area contributed by atoms with E-state index in [-0.39, 0.29) is 0 Å². The summed E-state index contributed by atoms with van der Waals surface area (Å²) < 4.78 is 0. The standard InChI is InChI=1S/C3H6OSi/c1-3(5)2-4/h2H,1H2,5H3. The molecule has 0 unspecified atom stereocenters. The van der Waals surface area contributed by atoms with Crippen molar-refractivity contribution in [1.29, 1.82) is 0 Å². The van der Waals surface area contributed by atoms with Crippen LogP contribution in [-0.4, -0.2) is 16.5 Å². The quantitative estimate of drug-likeness (QED) is 0.229. The average Bonchev–Trinajstić information content (AvgIpc) is 1.38. The first kappa shape index (κ1) is 4.63. The Balaban J connectivity index is 3.20. The maximum Gasteiger partial charge on any atom is 0.140 e. The molecule has 0 amide bonds. The molecule has 0 atom stereocenters. The van der Waals surface area contributed by atoms with E-state index in [0.29, 0.717) is 5.20 Å². The molecule has 0 aromatic carbocycles. The maximum atomic E-state index is 9.44. The van der Waals surface area contributed by atoms with Gasteiger partial charge in [0, 0.05) is 10.2 Å². The molecule has 0 aromatic heterocycles. The van der Waals surface area contributed by atoms with Gasteiger partial charge in [0.25, 0.3) is 0 Å². The summed E-state index contributed by atoms with van der Waals surface area (Å²) in [5.41, 5.74) is 0. The van der Waals surface area contributed by atoms with Crippen molar-refractivity contribution in [2.45, 2.75) is 0 Å². The predicted molar refractivity (Wildman–Crippen MR) is 25.1 cm³/mol. The van der Waals surface area contributed by atoms with E-state index in [9.17, 15) is 4.79 Å². The van der Waals surface area contributed by atoms with Crippen molar-refractivity contribution >= 4 is 16.5 Å². The Bertz CT molecular complexity index is 57.9. The van der Waals surface area contributed by atoms with E-state index in [0.717, 1.165) is 16.5 Å². The SMILES string of the molecule is C=C([SiH3])C=O. The van der Waals surface area contributed by atoms with Crippen molar-refractivity contribution < 1.29 is 4.79 Å². The smallest absolute Gasteiger partial charge is 0.140 e. The van der Waals surface area contributed by atoms with Gasteiger partial charge in [-0.1, -0.05) is 6.58 Å². The highest BCUT2D eigenvalue weighted by Gasteiger charge is 1.66. The summed E-state index contributed by atoms with van der Waals surface area (Å²) in [5.74, 6) is 0. The van der Waals surface area contributed by atoms with Crippen molar-refractivity contribution in [2.24, 2.45) is 0 Å². The summed E-state index contributed by atoms with van der Waals surface area (Å²) in [4.78, 5) is 9.44. The van der Waals surface area contributed by atoms with Crippen molar-refractivity contribution in [1.82, 2.24) is 0 Å². The fraction of sp³-hybridized carbons (Fsp3) is 0. The monoisotopic (exact) mass is 86.0 g/mol. The van der Waals surface area contributed by atoms with Crippen LogP contribution in [0.5, 0.6) is 0 Å². The van der Waals surface area contributed by atoms with Crippen LogP contribution in [0.2, 0.25) is 0 Å². The molecule has 0 N–H and O–H groups in total. The van der Waals surface area contributed by atoms with E-state index in [1.165, 1.54) is 0 Å². The molecule has 0 aliphatic heterocycles. The molecule has 1 nitrogen and oxygen atoms in total. The second-order valence-corrected chi connectivity index (χ2v) is 2.25. The van der Waals surface area contributed by atoms with Crippen LogP contribution in [0.1, 0.15) is 0 Å². The number of carbonyl (C=O) groups excluding carboxylic acids is 1. The molecule has 0 aliphatic carbocycles. The van der Waals surface area contributed by atoms with Crippen LogP contribution in [0.25, 0.3) is 0 Å². The van der Waals surface area contributed by atoms with Crippen molar-refractivity contribution in [3.63, 3.8) is 0 Å². The largest absolute Gasteiger partial charge is 0.299 e. The van der Waals surface area contributed by atoms with Gasteiger partial charge in [-0.15, -0.1) is 0 Å². The van der Waals surface area contributed by atoms with E-state index in [1.807, 2.05) is 0 Å². The predicted octanol–water partition coefficient (Wildman–Crippen LogP) is -0.936. The third-order valence-corrected chi connectivity index (χ3v) is 0.437. The Morgan fingerprint density at radius 3 is 2.20 bits per heavy atom. The van der Waals surface area contributed by atoms with Crippen molar-refractivity contribution in [3.8, 4) is 0 Å². The van der Waals surface area contributed by atoms with Crippen LogP contribution in [0.4, 0.5) is 0 Å². The van der Waals surface area contributed by atoms with E-state index in [2.05, 4.69) is 6.58 Å². The van der Waals surface area contributed by atoms with Gasteiger partial charge in [-0.05, 0) is 5.20 Å². The molecule has 0 radical (unpaired) electrons. The van der Waals surface area contributed by atoms with Crippen LogP contribution < -0.4 is 0 Å². The number of carbonyl (C=O) groups is 1. The summed E-state index contributed by atoms with van der Waals surface area (Å²) in [7, 11) is 0.807. The minimum atomic E-state index is 0.713. The summed E-state index contributed by atoms with van der Waals surface area (Å²) in [6, 6.07) is 0. The number of hydrogen-bond acceptors (Lipinski definition) is 1. The molecule has 0 rings (SSSR count). The first-order valence-electron chi connectivity index (χ1n) is 1.38. The van der Waals surface area contributed by atoms with Gasteiger partial charge < -0.3 is 0 Å². The first-order chi connectivity index (χ1) is 2.27. The fourth-order valence-corrected chi connectivity index (χ4v) is 0.